The third-order valence-corrected chi connectivity index (χ3v) is 4.51. The zero-order chi connectivity index (χ0) is 16.2. The number of amides is 1. The lowest BCUT2D eigenvalue weighted by atomic mass is 9.82. The molecule has 22 heavy (non-hydrogen) atoms. The molecule has 0 bridgehead atoms. The number of hydrogen-bond acceptors (Lipinski definition) is 3. The summed E-state index contributed by atoms with van der Waals surface area (Å²) < 4.78 is 13.4. The summed E-state index contributed by atoms with van der Waals surface area (Å²) in [5.74, 6) is -0.353. The number of halogens is 1. The molecule has 3 N–H and O–H groups in total. The van der Waals surface area contributed by atoms with Gasteiger partial charge in [-0.2, -0.15) is 0 Å². The molecule has 0 radical (unpaired) electrons. The van der Waals surface area contributed by atoms with E-state index in [9.17, 15) is 9.18 Å². The predicted molar refractivity (Wildman–Crippen MR) is 85.8 cm³/mol. The van der Waals surface area contributed by atoms with Crippen molar-refractivity contribution in [1.29, 1.82) is 0 Å². The van der Waals surface area contributed by atoms with Crippen LogP contribution in [-0.4, -0.2) is 37.0 Å². The number of benzene rings is 1. The van der Waals surface area contributed by atoms with Gasteiger partial charge in [0.25, 0.3) is 0 Å². The quantitative estimate of drug-likeness (QED) is 0.877. The fourth-order valence-electron chi connectivity index (χ4n) is 3.09. The first-order valence-corrected chi connectivity index (χ1v) is 7.91. The minimum absolute atomic E-state index is 0.0770. The summed E-state index contributed by atoms with van der Waals surface area (Å²) in [4.78, 5) is 14.4. The van der Waals surface area contributed by atoms with Crippen LogP contribution >= 0.6 is 0 Å². The SMILES string of the molecule is CN(C)C(CNC(=O)C1(N)CCCCC1)c1cccc(F)c1. The number of nitrogens with two attached hydrogens (primary N) is 1. The first kappa shape index (κ1) is 16.9. The Morgan fingerprint density at radius 1 is 1.36 bits per heavy atom. The third-order valence-electron chi connectivity index (χ3n) is 4.51. The average Bonchev–Trinajstić information content (AvgIpc) is 2.47. The maximum atomic E-state index is 13.4. The second-order valence-electron chi connectivity index (χ2n) is 6.46. The Hall–Kier alpha value is -1.46. The van der Waals surface area contributed by atoms with Crippen LogP contribution in [0.4, 0.5) is 4.39 Å². The molecule has 122 valence electrons. The van der Waals surface area contributed by atoms with Crippen molar-refractivity contribution >= 4 is 5.91 Å². The fourth-order valence-corrected chi connectivity index (χ4v) is 3.09. The van der Waals surface area contributed by atoms with Gasteiger partial charge in [0.15, 0.2) is 0 Å². The number of rotatable bonds is 5. The lowest BCUT2D eigenvalue weighted by molar-refractivity contribution is -0.127. The third kappa shape index (κ3) is 4.05. The zero-order valence-electron chi connectivity index (χ0n) is 13.4. The van der Waals surface area contributed by atoms with Gasteiger partial charge in [0, 0.05) is 6.54 Å². The maximum Gasteiger partial charge on any atom is 0.240 e. The van der Waals surface area contributed by atoms with E-state index in [-0.39, 0.29) is 17.8 Å². The van der Waals surface area contributed by atoms with Gasteiger partial charge in [-0.25, -0.2) is 4.39 Å². The number of likely N-dealkylation sites (N-methyl/N-ethyl adjacent to an activating group) is 1. The molecule has 0 aromatic heterocycles. The molecule has 0 saturated heterocycles. The van der Waals surface area contributed by atoms with Gasteiger partial charge < -0.3 is 16.0 Å². The Bertz CT molecular complexity index is 512. The van der Waals surface area contributed by atoms with Crippen molar-refractivity contribution < 1.29 is 9.18 Å². The molecule has 0 aliphatic heterocycles. The minimum atomic E-state index is -0.739. The molecule has 1 saturated carbocycles. The van der Waals surface area contributed by atoms with E-state index in [1.54, 1.807) is 6.07 Å². The summed E-state index contributed by atoms with van der Waals surface area (Å²) in [6, 6.07) is 6.42. The first-order valence-electron chi connectivity index (χ1n) is 7.91. The standard InChI is InChI=1S/C17H26FN3O/c1-21(2)15(13-7-6-8-14(18)11-13)12-20-16(22)17(19)9-4-3-5-10-17/h6-8,11,15H,3-5,9-10,12,19H2,1-2H3,(H,20,22). The number of hydrogen-bond donors (Lipinski definition) is 2. The molecule has 1 atom stereocenters. The topological polar surface area (TPSA) is 58.4 Å². The Kier molecular flexibility index (Phi) is 5.53. The summed E-state index contributed by atoms with van der Waals surface area (Å²) in [5.41, 5.74) is 6.35. The van der Waals surface area contributed by atoms with Crippen LogP contribution in [0.2, 0.25) is 0 Å². The summed E-state index contributed by atoms with van der Waals surface area (Å²) >= 11 is 0. The Labute approximate surface area is 131 Å². The largest absolute Gasteiger partial charge is 0.353 e. The zero-order valence-corrected chi connectivity index (χ0v) is 13.4. The van der Waals surface area contributed by atoms with Gasteiger partial charge >= 0.3 is 0 Å². The molecular formula is C17H26FN3O. The van der Waals surface area contributed by atoms with E-state index in [0.29, 0.717) is 6.54 Å². The molecule has 4 nitrogen and oxygen atoms in total. The molecule has 0 spiro atoms. The highest BCUT2D eigenvalue weighted by Crippen LogP contribution is 2.26. The normalized spacial score (nSPS) is 19.0. The molecule has 0 heterocycles. The van der Waals surface area contributed by atoms with Crippen LogP contribution < -0.4 is 11.1 Å². The van der Waals surface area contributed by atoms with Crippen molar-refractivity contribution in [2.75, 3.05) is 20.6 Å². The molecule has 1 aliphatic rings. The highest BCUT2D eigenvalue weighted by Gasteiger charge is 2.35. The van der Waals surface area contributed by atoms with Crippen molar-refractivity contribution in [3.05, 3.63) is 35.6 Å². The molecular weight excluding hydrogens is 281 g/mol. The van der Waals surface area contributed by atoms with E-state index in [1.165, 1.54) is 12.1 Å². The van der Waals surface area contributed by atoms with E-state index in [2.05, 4.69) is 5.32 Å². The molecule has 1 fully saturated rings. The van der Waals surface area contributed by atoms with Gasteiger partial charge in [0.05, 0.1) is 11.6 Å². The van der Waals surface area contributed by atoms with Crippen molar-refractivity contribution in [2.24, 2.45) is 5.73 Å². The monoisotopic (exact) mass is 307 g/mol. The number of carbonyl (C=O) groups is 1. The minimum Gasteiger partial charge on any atom is -0.353 e. The van der Waals surface area contributed by atoms with Gasteiger partial charge in [-0.1, -0.05) is 31.4 Å². The molecule has 1 aliphatic carbocycles. The highest BCUT2D eigenvalue weighted by molar-refractivity contribution is 5.86. The van der Waals surface area contributed by atoms with E-state index < -0.39 is 5.54 Å². The van der Waals surface area contributed by atoms with Crippen LogP contribution in [0.3, 0.4) is 0 Å². The van der Waals surface area contributed by atoms with Crippen LogP contribution in [0.1, 0.15) is 43.7 Å². The van der Waals surface area contributed by atoms with Gasteiger partial charge in [0.2, 0.25) is 5.91 Å². The van der Waals surface area contributed by atoms with Crippen molar-refractivity contribution in [3.8, 4) is 0 Å². The van der Waals surface area contributed by atoms with Crippen molar-refractivity contribution in [3.63, 3.8) is 0 Å². The molecule has 5 heteroatoms. The lowest BCUT2D eigenvalue weighted by Crippen LogP contribution is -2.55. The van der Waals surface area contributed by atoms with Gasteiger partial charge in [-0.05, 0) is 44.6 Å². The number of carbonyl (C=O) groups excluding carboxylic acids is 1. The van der Waals surface area contributed by atoms with Gasteiger partial charge in [0.1, 0.15) is 5.82 Å². The summed E-state index contributed by atoms with van der Waals surface area (Å²) in [6.45, 7) is 0.425. The van der Waals surface area contributed by atoms with Crippen LogP contribution in [-0.2, 0) is 4.79 Å². The molecule has 1 amide bonds. The smallest absolute Gasteiger partial charge is 0.240 e. The molecule has 1 aromatic rings. The molecule has 1 aromatic carbocycles. The summed E-state index contributed by atoms with van der Waals surface area (Å²) in [6.07, 6.45) is 4.64. The molecule has 1 unspecified atom stereocenters. The van der Waals surface area contributed by atoms with E-state index in [0.717, 1.165) is 37.7 Å². The van der Waals surface area contributed by atoms with Crippen LogP contribution in [0, 0.1) is 5.82 Å². The van der Waals surface area contributed by atoms with Crippen LogP contribution in [0.5, 0.6) is 0 Å². The lowest BCUT2D eigenvalue weighted by Gasteiger charge is -2.33. The summed E-state index contributed by atoms with van der Waals surface area (Å²) in [5, 5.41) is 2.96. The van der Waals surface area contributed by atoms with Crippen LogP contribution in [0.15, 0.2) is 24.3 Å². The second-order valence-corrected chi connectivity index (χ2v) is 6.46. The summed E-state index contributed by atoms with van der Waals surface area (Å²) in [7, 11) is 3.83. The second kappa shape index (κ2) is 7.20. The van der Waals surface area contributed by atoms with Gasteiger partial charge in [-0.3, -0.25) is 4.79 Å². The predicted octanol–water partition coefficient (Wildman–Crippen LogP) is 2.21. The molecule has 2 rings (SSSR count). The Morgan fingerprint density at radius 3 is 2.64 bits per heavy atom. The Morgan fingerprint density at radius 2 is 2.05 bits per heavy atom. The average molecular weight is 307 g/mol. The highest BCUT2D eigenvalue weighted by atomic mass is 19.1. The van der Waals surface area contributed by atoms with E-state index >= 15 is 0 Å². The maximum absolute atomic E-state index is 13.4. The Balaban J connectivity index is 2.01. The first-order chi connectivity index (χ1) is 10.4. The van der Waals surface area contributed by atoms with Crippen molar-refractivity contribution in [1.82, 2.24) is 10.2 Å². The van der Waals surface area contributed by atoms with E-state index in [4.69, 9.17) is 5.73 Å². The van der Waals surface area contributed by atoms with Crippen LogP contribution in [0.25, 0.3) is 0 Å². The number of nitrogens with one attached hydrogen (secondary N) is 1. The van der Waals surface area contributed by atoms with Crippen molar-refractivity contribution in [2.45, 2.75) is 43.7 Å². The van der Waals surface area contributed by atoms with E-state index in [1.807, 2.05) is 25.1 Å². The number of nitrogens with zero attached hydrogens (tertiary/aromatic N) is 1. The fraction of sp³-hybridized carbons (Fsp3) is 0.588. The van der Waals surface area contributed by atoms with Gasteiger partial charge in [-0.15, -0.1) is 0 Å².